The van der Waals surface area contributed by atoms with Crippen molar-refractivity contribution in [3.05, 3.63) is 0 Å². The first-order valence-electron chi connectivity index (χ1n) is 25.8. The fourth-order valence-corrected chi connectivity index (χ4v) is 3.50. The van der Waals surface area contributed by atoms with Crippen molar-refractivity contribution in [1.82, 2.24) is 0 Å². The molecule has 40 N–H and O–H groups in total. The summed E-state index contributed by atoms with van der Waals surface area (Å²) in [6, 6.07) is -7.60. The SMILES string of the molecule is CC(C)C(N)C(=O)O.CC(C)C(N)C(=O)O.CC(O)C(N)C(=O)O.CC(O)C(N)C(=O)O.CCC(C)C(N)C(=O)O.CCC(C)C(N)C(=O)O.NC(CS)C(=O)O.NC(N)=NCCCC(N)C(=O)O.NC(N)=NCCCC(N)C(=O)O.NCC(=O)O. The topological polar surface area (TPSA) is 802 Å². The Kier molecular flexibility index (Phi) is 73.6. The number of carbonyl (C=O) groups is 10. The first-order chi connectivity index (χ1) is 38.9. The molecule has 0 aliphatic carbocycles. The highest BCUT2D eigenvalue weighted by atomic mass is 32.1. The molecule has 13 atom stereocenters. The maximum Gasteiger partial charge on any atom is 0.323 e. The zero-order valence-corrected chi connectivity index (χ0v) is 51.5. The summed E-state index contributed by atoms with van der Waals surface area (Å²) < 4.78 is 0. The maximum atomic E-state index is 10.2. The first kappa shape index (κ1) is 101. The summed E-state index contributed by atoms with van der Waals surface area (Å²) in [6.07, 6.45) is 1.58. The molecule has 0 aliphatic rings. The number of carboxylic acids is 10. The Morgan fingerprint density at radius 2 is 0.593 bits per heavy atom. The van der Waals surface area contributed by atoms with Gasteiger partial charge in [-0.05, 0) is 63.2 Å². The molecule has 0 heterocycles. The van der Waals surface area contributed by atoms with Crippen LogP contribution in [-0.2, 0) is 47.9 Å². The average Bonchev–Trinajstić information content (AvgIpc) is 3.41. The highest BCUT2D eigenvalue weighted by Gasteiger charge is 2.20. The van der Waals surface area contributed by atoms with Crippen LogP contribution >= 0.6 is 12.6 Å². The van der Waals surface area contributed by atoms with Crippen molar-refractivity contribution in [3.8, 4) is 0 Å². The second-order valence-corrected chi connectivity index (χ2v) is 18.8. The lowest BCUT2D eigenvalue weighted by Gasteiger charge is -2.11. The smallest absolute Gasteiger partial charge is 0.323 e. The van der Waals surface area contributed by atoms with Gasteiger partial charge in [-0.3, -0.25) is 57.9 Å². The van der Waals surface area contributed by atoms with Crippen LogP contribution in [0, 0.1) is 23.7 Å². The van der Waals surface area contributed by atoms with Gasteiger partial charge in [-0.2, -0.15) is 12.6 Å². The number of carboxylic acid groups (broad SMARTS) is 10. The highest BCUT2D eigenvalue weighted by molar-refractivity contribution is 7.80. The quantitative estimate of drug-likeness (QED) is 0.0157. The molecule has 0 spiro atoms. The summed E-state index contributed by atoms with van der Waals surface area (Å²) in [4.78, 5) is 107. The van der Waals surface area contributed by atoms with Gasteiger partial charge in [0.15, 0.2) is 11.9 Å². The van der Waals surface area contributed by atoms with E-state index < -0.39 is 126 Å². The molecular weight excluding hydrogens is 1170 g/mol. The molecule has 13 unspecified atom stereocenters. The van der Waals surface area contributed by atoms with Crippen molar-refractivity contribution in [2.24, 2.45) is 114 Å². The summed E-state index contributed by atoms with van der Waals surface area (Å²) in [5, 5.41) is 98.6. The normalized spacial score (nSPS) is 14.2. The largest absolute Gasteiger partial charge is 0.480 e. The second-order valence-electron chi connectivity index (χ2n) is 18.4. The van der Waals surface area contributed by atoms with Crippen LogP contribution in [0.3, 0.4) is 0 Å². The Bertz CT molecular complexity index is 1740. The van der Waals surface area contributed by atoms with Gasteiger partial charge in [0, 0.05) is 18.8 Å². The van der Waals surface area contributed by atoms with E-state index in [-0.39, 0.29) is 47.9 Å². The maximum absolute atomic E-state index is 10.2. The van der Waals surface area contributed by atoms with Crippen LogP contribution in [0.5, 0.6) is 0 Å². The van der Waals surface area contributed by atoms with E-state index >= 15 is 0 Å². The van der Waals surface area contributed by atoms with Gasteiger partial charge in [0.05, 0.1) is 18.8 Å². The summed E-state index contributed by atoms with van der Waals surface area (Å²) >= 11 is 3.65. The third-order valence-electron chi connectivity index (χ3n) is 9.96. The van der Waals surface area contributed by atoms with Gasteiger partial charge in [-0.15, -0.1) is 0 Å². The molecule has 86 heavy (non-hydrogen) atoms. The monoisotopic (exact) mass is 1280 g/mol. The number of nitrogens with zero attached hydrogens (tertiary/aromatic N) is 2. The molecule has 0 saturated heterocycles. The number of guanidine groups is 2. The second kappa shape index (κ2) is 62.6. The van der Waals surface area contributed by atoms with Gasteiger partial charge in [0.2, 0.25) is 0 Å². The van der Waals surface area contributed by atoms with Crippen LogP contribution in [0.15, 0.2) is 9.98 Å². The zero-order valence-electron chi connectivity index (χ0n) is 50.6. The molecule has 0 aromatic rings. The van der Waals surface area contributed by atoms with E-state index in [1.54, 1.807) is 27.7 Å². The number of hydrogen-bond acceptors (Lipinski definition) is 25. The summed E-state index contributed by atoms with van der Waals surface area (Å²) in [5.74, 6) is -9.62. The number of rotatable bonds is 27. The lowest BCUT2D eigenvalue weighted by Crippen LogP contribution is -2.39. The van der Waals surface area contributed by atoms with Crippen LogP contribution in [-0.4, -0.2) is 225 Å². The van der Waals surface area contributed by atoms with Crippen molar-refractivity contribution in [3.63, 3.8) is 0 Å². The summed E-state index contributed by atoms with van der Waals surface area (Å²) in [7, 11) is 0. The average molecular weight is 1280 g/mol. The van der Waals surface area contributed by atoms with Gasteiger partial charge < -0.3 is 142 Å². The Morgan fingerprint density at radius 1 is 0.384 bits per heavy atom. The number of hydrogen-bond donors (Lipinski definition) is 27. The molecule has 512 valence electrons. The molecule has 0 aliphatic heterocycles. The van der Waals surface area contributed by atoms with Crippen LogP contribution in [0.2, 0.25) is 0 Å². The number of aliphatic imine (C=N–C) groups is 2. The lowest BCUT2D eigenvalue weighted by atomic mass is 10.0. The van der Waals surface area contributed by atoms with E-state index in [4.69, 9.17) is 136 Å². The first-order valence-corrected chi connectivity index (χ1v) is 26.4. The molecular formula is C47H106N16O22S. The van der Waals surface area contributed by atoms with Crippen molar-refractivity contribution < 1.29 is 109 Å². The molecule has 0 rings (SSSR count). The minimum Gasteiger partial charge on any atom is -0.480 e. The lowest BCUT2D eigenvalue weighted by molar-refractivity contribution is -0.141. The van der Waals surface area contributed by atoms with Gasteiger partial charge in [0.1, 0.15) is 54.4 Å². The van der Waals surface area contributed by atoms with E-state index in [1.165, 1.54) is 13.8 Å². The van der Waals surface area contributed by atoms with Crippen molar-refractivity contribution in [2.75, 3.05) is 25.4 Å². The van der Waals surface area contributed by atoms with Crippen LogP contribution in [0.25, 0.3) is 0 Å². The Labute approximate surface area is 505 Å². The van der Waals surface area contributed by atoms with Crippen molar-refractivity contribution in [1.29, 1.82) is 0 Å². The van der Waals surface area contributed by atoms with Crippen molar-refractivity contribution in [2.45, 2.75) is 174 Å². The number of aliphatic hydroxyl groups excluding tert-OH is 2. The van der Waals surface area contributed by atoms with Crippen LogP contribution in [0.4, 0.5) is 0 Å². The Balaban J connectivity index is -0.0000000940. The van der Waals surface area contributed by atoms with E-state index in [1.807, 2.05) is 27.7 Å². The predicted molar refractivity (Wildman–Crippen MR) is 323 cm³/mol. The predicted octanol–water partition coefficient (Wildman–Crippen LogP) is -6.18. The van der Waals surface area contributed by atoms with E-state index in [2.05, 4.69) is 28.3 Å². The fraction of sp³-hybridized carbons (Fsp3) is 0.745. The minimum atomic E-state index is -1.18. The molecule has 0 aromatic heterocycles. The summed E-state index contributed by atoms with van der Waals surface area (Å²) in [5.41, 5.74) is 70.8. The zero-order chi connectivity index (χ0) is 71.1. The third-order valence-corrected chi connectivity index (χ3v) is 10.4. The van der Waals surface area contributed by atoms with Gasteiger partial charge in [-0.1, -0.05) is 68.2 Å². The number of aliphatic carboxylic acids is 10. The molecule has 0 radical (unpaired) electrons. The highest BCUT2D eigenvalue weighted by Crippen LogP contribution is 2.05. The van der Waals surface area contributed by atoms with Gasteiger partial charge >= 0.3 is 59.7 Å². The Hall–Kier alpha value is -6.89. The van der Waals surface area contributed by atoms with Crippen molar-refractivity contribution >= 4 is 84.2 Å². The molecule has 0 fully saturated rings. The fourth-order valence-electron chi connectivity index (χ4n) is 3.34. The Morgan fingerprint density at radius 3 is 0.663 bits per heavy atom. The third kappa shape index (κ3) is 79.2. The number of thiol groups is 1. The van der Waals surface area contributed by atoms with E-state index in [9.17, 15) is 47.9 Å². The molecule has 0 aromatic carbocycles. The minimum absolute atomic E-state index is 0.0129. The van der Waals surface area contributed by atoms with Crippen LogP contribution in [0.1, 0.15) is 108 Å². The molecule has 0 bridgehead atoms. The van der Waals surface area contributed by atoms with Gasteiger partial charge in [-0.25, -0.2) is 0 Å². The molecule has 0 saturated carbocycles. The molecule has 38 nitrogen and oxygen atoms in total. The summed E-state index contributed by atoms with van der Waals surface area (Å²) in [6.45, 7) is 17.8. The van der Waals surface area contributed by atoms with E-state index in [0.717, 1.165) is 12.8 Å². The van der Waals surface area contributed by atoms with Crippen LogP contribution < -0.4 is 80.3 Å². The number of aliphatic hydroxyl groups is 2. The van der Waals surface area contributed by atoms with E-state index in [0.29, 0.717) is 38.8 Å². The standard InChI is InChI=1S/2C6H14N4O2.2C6H13NO2.2C5H11NO2.2C4H9NO3.C3H7NO2S.C2H5NO2/c2*7-4(5(11)12)2-1-3-10-6(8)9;2*1-3-4(2)5(7)6(8)9;2*1-3(2)4(6)5(7)8;2*1-2(6)3(5)4(7)8;4-2(1-7)3(5)6;3-1-2(4)5/h2*4H,1-3,7H2,(H,11,12)(H4,8,9,10);2*4-5H,3,7H2,1-2H3,(H,8,9);2*3-4H,6H2,1-2H3,(H,7,8);2*2-3,6H,5H2,1H3,(H,7,8);2,7H,1,4H2,(H,5,6);1,3H2,(H,4,5). The molecule has 0 amide bonds. The molecule has 39 heteroatoms. The number of nitrogens with two attached hydrogens (primary N) is 14. The van der Waals surface area contributed by atoms with Gasteiger partial charge in [0.25, 0.3) is 0 Å².